The van der Waals surface area contributed by atoms with Crippen molar-refractivity contribution >= 4 is 24.0 Å². The van der Waals surface area contributed by atoms with Crippen LogP contribution in [-0.4, -0.2) is 23.5 Å². The first-order valence-corrected chi connectivity index (χ1v) is 5.59. The van der Waals surface area contributed by atoms with Crippen molar-refractivity contribution in [3.63, 3.8) is 0 Å². The zero-order valence-corrected chi connectivity index (χ0v) is 10.2. The van der Waals surface area contributed by atoms with Crippen LogP contribution in [0.1, 0.15) is 19.4 Å². The van der Waals surface area contributed by atoms with Crippen LogP contribution in [0.5, 0.6) is 0 Å². The number of carbonyl (C=O) groups is 1. The second-order valence-electron chi connectivity index (χ2n) is 4.15. The Bertz CT molecular complexity index is 655. The summed E-state index contributed by atoms with van der Waals surface area (Å²) in [7, 11) is 0. The molecule has 0 fully saturated rings. The number of amides is 1. The normalized spacial score (nSPS) is 14.3. The van der Waals surface area contributed by atoms with Crippen molar-refractivity contribution < 1.29 is 9.90 Å². The highest BCUT2D eigenvalue weighted by molar-refractivity contribution is 5.94. The molecule has 0 radical (unpaired) electrons. The van der Waals surface area contributed by atoms with E-state index in [2.05, 4.69) is 15.0 Å². The van der Waals surface area contributed by atoms with Gasteiger partial charge in [-0.1, -0.05) is 0 Å². The number of carbonyl (C=O) groups excluding carboxylic acids is 1. The molecule has 1 aromatic carbocycles. The zero-order chi connectivity index (χ0) is 13.1. The number of aliphatic hydroxyl groups is 1. The van der Waals surface area contributed by atoms with Crippen molar-refractivity contribution in [1.82, 2.24) is 0 Å². The van der Waals surface area contributed by atoms with Gasteiger partial charge < -0.3 is 5.11 Å². The number of benzene rings is 1. The van der Waals surface area contributed by atoms with Gasteiger partial charge in [-0.25, -0.2) is 15.0 Å². The molecule has 1 amide bonds. The molecule has 0 bridgehead atoms. The second-order valence-corrected chi connectivity index (χ2v) is 4.15. The SMILES string of the molecule is CC(C)O.O=C1C=Cc2cc3c(cc2=N1)N=CN=3. The molecular weight excluding hydrogens is 230 g/mol. The maximum atomic E-state index is 11.0. The van der Waals surface area contributed by atoms with E-state index in [1.165, 1.54) is 12.4 Å². The summed E-state index contributed by atoms with van der Waals surface area (Å²) in [6.07, 6.45) is 4.53. The van der Waals surface area contributed by atoms with E-state index in [1.807, 2.05) is 6.07 Å². The van der Waals surface area contributed by atoms with Crippen LogP contribution >= 0.6 is 0 Å². The summed E-state index contributed by atoms with van der Waals surface area (Å²) in [5, 5.41) is 9.56. The fraction of sp³-hybridized carbons (Fsp3) is 0.231. The molecule has 0 aromatic heterocycles. The van der Waals surface area contributed by atoms with Crippen molar-refractivity contribution in [2.24, 2.45) is 15.0 Å². The molecule has 0 spiro atoms. The van der Waals surface area contributed by atoms with E-state index >= 15 is 0 Å². The van der Waals surface area contributed by atoms with Crippen LogP contribution < -0.4 is 10.7 Å². The van der Waals surface area contributed by atoms with E-state index in [1.54, 1.807) is 26.0 Å². The Kier molecular flexibility index (Phi) is 3.43. The minimum Gasteiger partial charge on any atom is -0.394 e. The first kappa shape index (κ1) is 12.3. The molecule has 0 saturated carbocycles. The molecule has 18 heavy (non-hydrogen) atoms. The van der Waals surface area contributed by atoms with Gasteiger partial charge in [0.25, 0.3) is 5.91 Å². The summed E-state index contributed by atoms with van der Waals surface area (Å²) in [6, 6.07) is 3.66. The number of aliphatic hydroxyl groups excluding tert-OH is 1. The van der Waals surface area contributed by atoms with Crippen molar-refractivity contribution in [2.45, 2.75) is 20.0 Å². The van der Waals surface area contributed by atoms with Crippen LogP contribution in [0.2, 0.25) is 0 Å². The molecule has 5 heteroatoms. The molecule has 92 valence electrons. The first-order chi connectivity index (χ1) is 8.56. The van der Waals surface area contributed by atoms with E-state index in [0.29, 0.717) is 5.36 Å². The minimum atomic E-state index is -0.226. The summed E-state index contributed by atoms with van der Waals surface area (Å²) in [4.78, 5) is 23.0. The van der Waals surface area contributed by atoms with Crippen LogP contribution in [0.25, 0.3) is 6.08 Å². The number of nitrogens with zero attached hydrogens (tertiary/aromatic N) is 3. The molecule has 2 aliphatic heterocycles. The Morgan fingerprint density at radius 3 is 2.61 bits per heavy atom. The highest BCUT2D eigenvalue weighted by atomic mass is 16.3. The number of hydrogen-bond acceptors (Lipinski definition) is 4. The van der Waals surface area contributed by atoms with E-state index in [0.717, 1.165) is 16.6 Å². The van der Waals surface area contributed by atoms with Crippen LogP contribution in [0.15, 0.2) is 33.2 Å². The van der Waals surface area contributed by atoms with Crippen molar-refractivity contribution in [2.75, 3.05) is 0 Å². The topological polar surface area (TPSA) is 74.4 Å². The molecule has 2 heterocycles. The molecular formula is C13H13N3O2. The van der Waals surface area contributed by atoms with E-state index in [4.69, 9.17) is 5.11 Å². The van der Waals surface area contributed by atoms with Crippen molar-refractivity contribution in [3.05, 3.63) is 34.5 Å². The Balaban J connectivity index is 0.000000267. The molecule has 2 aliphatic rings. The van der Waals surface area contributed by atoms with Crippen LogP contribution in [0.4, 0.5) is 5.69 Å². The van der Waals surface area contributed by atoms with Gasteiger partial charge in [-0.15, -0.1) is 0 Å². The van der Waals surface area contributed by atoms with Gasteiger partial charge in [0.1, 0.15) is 6.34 Å². The molecule has 0 unspecified atom stereocenters. The van der Waals surface area contributed by atoms with Gasteiger partial charge in [0.05, 0.1) is 16.4 Å². The Hall–Kier alpha value is -2.14. The third kappa shape index (κ3) is 2.75. The zero-order valence-electron chi connectivity index (χ0n) is 10.2. The van der Waals surface area contributed by atoms with Gasteiger partial charge in [0, 0.05) is 17.7 Å². The predicted octanol–water partition coefficient (Wildman–Crippen LogP) is 0.540. The lowest BCUT2D eigenvalue weighted by molar-refractivity contribution is -0.113. The lowest BCUT2D eigenvalue weighted by Crippen LogP contribution is -2.16. The summed E-state index contributed by atoms with van der Waals surface area (Å²) in [6.45, 7) is 3.44. The van der Waals surface area contributed by atoms with Gasteiger partial charge in [0.2, 0.25) is 0 Å². The Labute approximate surface area is 104 Å². The predicted molar refractivity (Wildman–Crippen MR) is 68.3 cm³/mol. The average Bonchev–Trinajstić information content (AvgIpc) is 2.72. The summed E-state index contributed by atoms with van der Waals surface area (Å²) < 4.78 is 0. The maximum Gasteiger partial charge on any atom is 0.270 e. The van der Waals surface area contributed by atoms with Crippen LogP contribution in [0, 0.1) is 0 Å². The smallest absolute Gasteiger partial charge is 0.270 e. The number of hydrogen-bond donors (Lipinski definition) is 1. The lowest BCUT2D eigenvalue weighted by Gasteiger charge is -1.99. The summed E-state index contributed by atoms with van der Waals surface area (Å²) in [5.74, 6) is -0.226. The minimum absolute atomic E-state index is 0.167. The molecule has 0 saturated heterocycles. The van der Waals surface area contributed by atoms with Crippen LogP contribution in [0.3, 0.4) is 0 Å². The molecule has 3 rings (SSSR count). The largest absolute Gasteiger partial charge is 0.394 e. The monoisotopic (exact) mass is 243 g/mol. The third-order valence-electron chi connectivity index (χ3n) is 2.15. The summed E-state index contributed by atoms with van der Waals surface area (Å²) >= 11 is 0. The first-order valence-electron chi connectivity index (χ1n) is 5.59. The van der Waals surface area contributed by atoms with E-state index in [9.17, 15) is 4.79 Å². The highest BCUT2D eigenvalue weighted by Crippen LogP contribution is 2.08. The number of aliphatic imine (C=N–C) groups is 1. The average molecular weight is 243 g/mol. The quantitative estimate of drug-likeness (QED) is 0.722. The number of rotatable bonds is 0. The second kappa shape index (κ2) is 5.01. The van der Waals surface area contributed by atoms with E-state index in [-0.39, 0.29) is 12.0 Å². The Morgan fingerprint density at radius 2 is 1.89 bits per heavy atom. The van der Waals surface area contributed by atoms with Gasteiger partial charge in [-0.05, 0) is 32.1 Å². The maximum absolute atomic E-state index is 11.0. The van der Waals surface area contributed by atoms with Crippen molar-refractivity contribution in [3.8, 4) is 0 Å². The Morgan fingerprint density at radius 1 is 1.17 bits per heavy atom. The van der Waals surface area contributed by atoms with Gasteiger partial charge in [0.15, 0.2) is 0 Å². The fourth-order valence-corrected chi connectivity index (χ4v) is 1.49. The molecule has 5 nitrogen and oxygen atoms in total. The van der Waals surface area contributed by atoms with Crippen LogP contribution in [-0.2, 0) is 4.79 Å². The standard InChI is InChI=1S/C10H5N3O.C3H8O/c14-10-2-1-6-3-8-9(12-5-11-8)4-7(6)13-10;1-3(2)4/h1-5H;3-4H,1-2H3. The molecule has 1 N–H and O–H groups in total. The lowest BCUT2D eigenvalue weighted by atomic mass is 10.1. The van der Waals surface area contributed by atoms with Gasteiger partial charge in [-0.3, -0.25) is 4.79 Å². The van der Waals surface area contributed by atoms with E-state index < -0.39 is 0 Å². The highest BCUT2D eigenvalue weighted by Gasteiger charge is 2.07. The molecule has 0 atom stereocenters. The summed E-state index contributed by atoms with van der Waals surface area (Å²) in [5.41, 5.74) is 1.69. The molecule has 0 aliphatic carbocycles. The van der Waals surface area contributed by atoms with Crippen molar-refractivity contribution in [1.29, 1.82) is 0 Å². The fourth-order valence-electron chi connectivity index (χ4n) is 1.49. The van der Waals surface area contributed by atoms with Gasteiger partial charge >= 0.3 is 0 Å². The third-order valence-corrected chi connectivity index (χ3v) is 2.15. The van der Waals surface area contributed by atoms with Gasteiger partial charge in [-0.2, -0.15) is 0 Å². The molecule has 1 aromatic rings. The number of fused-ring (bicyclic) bond motifs is 2.